The van der Waals surface area contributed by atoms with E-state index in [0.717, 1.165) is 50.9 Å². The summed E-state index contributed by atoms with van der Waals surface area (Å²) in [6, 6.07) is 4.28. The first-order valence-electron chi connectivity index (χ1n) is 10.9. The highest BCUT2D eigenvalue weighted by molar-refractivity contribution is 5.89. The van der Waals surface area contributed by atoms with Crippen molar-refractivity contribution in [1.82, 2.24) is 9.80 Å². The molecule has 0 radical (unpaired) electrons. The van der Waals surface area contributed by atoms with Crippen LogP contribution in [-0.2, 0) is 6.18 Å². The predicted molar refractivity (Wildman–Crippen MR) is 122 cm³/mol. The lowest BCUT2D eigenvalue weighted by molar-refractivity contribution is -0.137. The number of alkyl halides is 3. The third kappa shape index (κ3) is 7.96. The zero-order valence-corrected chi connectivity index (χ0v) is 19.0. The number of carbonyl (C=O) groups is 1. The molecular formula is C24H36F3N3O. The van der Waals surface area contributed by atoms with Gasteiger partial charge in [0.1, 0.15) is 0 Å². The molecule has 31 heavy (non-hydrogen) atoms. The van der Waals surface area contributed by atoms with Gasteiger partial charge in [-0.15, -0.1) is 6.58 Å². The third-order valence-corrected chi connectivity index (χ3v) is 5.59. The fraction of sp³-hybridized carbons (Fsp3) is 0.542. The second kappa shape index (κ2) is 12.4. The van der Waals surface area contributed by atoms with Gasteiger partial charge in [0, 0.05) is 31.9 Å². The first kappa shape index (κ1) is 26.6. The van der Waals surface area contributed by atoms with Crippen LogP contribution in [0.1, 0.15) is 52.0 Å². The Morgan fingerprint density at radius 3 is 2.06 bits per heavy atom. The van der Waals surface area contributed by atoms with Crippen LogP contribution in [0.4, 0.5) is 23.7 Å². The molecule has 2 fully saturated rings. The Morgan fingerprint density at radius 1 is 1.10 bits per heavy atom. The van der Waals surface area contributed by atoms with Crippen LogP contribution in [0.2, 0.25) is 0 Å². The summed E-state index contributed by atoms with van der Waals surface area (Å²) in [5.74, 6) is 0. The first-order chi connectivity index (χ1) is 14.7. The maximum absolute atomic E-state index is 12.6. The molecule has 0 unspecified atom stereocenters. The largest absolute Gasteiger partial charge is 0.416 e. The number of amides is 2. The van der Waals surface area contributed by atoms with Crippen LogP contribution in [0.5, 0.6) is 0 Å². The average molecular weight is 440 g/mol. The smallest absolute Gasteiger partial charge is 0.378 e. The maximum atomic E-state index is 12.6. The molecule has 7 heteroatoms. The number of anilines is 1. The van der Waals surface area contributed by atoms with Gasteiger partial charge >= 0.3 is 12.2 Å². The van der Waals surface area contributed by atoms with Crippen molar-refractivity contribution in [3.8, 4) is 0 Å². The van der Waals surface area contributed by atoms with Crippen molar-refractivity contribution in [3.63, 3.8) is 0 Å². The van der Waals surface area contributed by atoms with Gasteiger partial charge in [-0.1, -0.05) is 33.4 Å². The summed E-state index contributed by atoms with van der Waals surface area (Å²) in [6.07, 6.45) is 3.48. The number of halogens is 3. The van der Waals surface area contributed by atoms with Gasteiger partial charge in [-0.25, -0.2) is 4.79 Å². The normalized spacial score (nSPS) is 17.1. The molecule has 0 saturated carbocycles. The molecule has 174 valence electrons. The van der Waals surface area contributed by atoms with E-state index in [1.54, 1.807) is 4.90 Å². The molecule has 0 bridgehead atoms. The highest BCUT2D eigenvalue weighted by Crippen LogP contribution is 2.40. The van der Waals surface area contributed by atoms with Crippen molar-refractivity contribution in [1.29, 1.82) is 0 Å². The van der Waals surface area contributed by atoms with E-state index in [1.807, 2.05) is 26.1 Å². The zero-order chi connectivity index (χ0) is 23.5. The SMILES string of the molecule is C=CCC.C=CN1CCC2(CC1)CCN(C(=O)Nc1ccc(C(F)(F)F)cc1)C2.CC. The number of carbonyl (C=O) groups excluding carboxylic acids is 1. The molecule has 2 amide bonds. The summed E-state index contributed by atoms with van der Waals surface area (Å²) in [5, 5.41) is 2.70. The molecule has 1 spiro atoms. The third-order valence-electron chi connectivity index (χ3n) is 5.59. The summed E-state index contributed by atoms with van der Waals surface area (Å²) >= 11 is 0. The number of rotatable bonds is 3. The van der Waals surface area contributed by atoms with Crippen molar-refractivity contribution in [2.24, 2.45) is 5.41 Å². The maximum Gasteiger partial charge on any atom is 0.416 e. The highest BCUT2D eigenvalue weighted by Gasteiger charge is 2.41. The molecule has 2 aliphatic heterocycles. The Bertz CT molecular complexity index is 693. The van der Waals surface area contributed by atoms with Crippen LogP contribution < -0.4 is 5.32 Å². The van der Waals surface area contributed by atoms with Crippen LogP contribution in [0, 0.1) is 5.41 Å². The van der Waals surface area contributed by atoms with Gasteiger partial charge in [0.25, 0.3) is 0 Å². The van der Waals surface area contributed by atoms with Crippen LogP contribution in [0.25, 0.3) is 0 Å². The van der Waals surface area contributed by atoms with Crippen LogP contribution >= 0.6 is 0 Å². The fourth-order valence-corrected chi connectivity index (χ4v) is 3.64. The van der Waals surface area contributed by atoms with Crippen LogP contribution in [0.15, 0.2) is 49.7 Å². The number of benzene rings is 1. The summed E-state index contributed by atoms with van der Waals surface area (Å²) in [5.41, 5.74) is -0.184. The Morgan fingerprint density at radius 2 is 1.61 bits per heavy atom. The monoisotopic (exact) mass is 439 g/mol. The van der Waals surface area contributed by atoms with E-state index in [-0.39, 0.29) is 11.4 Å². The van der Waals surface area contributed by atoms with Gasteiger partial charge in [0.05, 0.1) is 5.56 Å². The molecular weight excluding hydrogens is 403 g/mol. The molecule has 4 nitrogen and oxygen atoms in total. The van der Waals surface area contributed by atoms with Crippen LogP contribution in [-0.4, -0.2) is 42.0 Å². The van der Waals surface area contributed by atoms with Crippen molar-refractivity contribution >= 4 is 11.7 Å². The van der Waals surface area contributed by atoms with E-state index >= 15 is 0 Å². The standard InChI is InChI=1S/C18H22F3N3O.C4H8.C2H6/c1-2-23-10-7-17(8-11-23)9-12-24(13-17)16(25)22-15-5-3-14(4-6-15)18(19,20)21;1-3-4-2;1-2/h2-6H,1,7-13H2,(H,22,25);3H,1,4H2,2H3;1-2H3. The van der Waals surface area contributed by atoms with Crippen molar-refractivity contribution < 1.29 is 18.0 Å². The number of piperidine rings is 1. The number of hydrogen-bond donors (Lipinski definition) is 1. The lowest BCUT2D eigenvalue weighted by Gasteiger charge is -2.38. The van der Waals surface area contributed by atoms with Crippen molar-refractivity contribution in [3.05, 3.63) is 55.3 Å². The predicted octanol–water partition coefficient (Wildman–Crippen LogP) is 6.78. The van der Waals surface area contributed by atoms with E-state index in [1.165, 1.54) is 12.1 Å². The van der Waals surface area contributed by atoms with Gasteiger partial charge in [-0.3, -0.25) is 0 Å². The summed E-state index contributed by atoms with van der Waals surface area (Å²) in [7, 11) is 0. The van der Waals surface area contributed by atoms with Crippen LogP contribution in [0.3, 0.4) is 0 Å². The first-order valence-corrected chi connectivity index (χ1v) is 10.9. The lowest BCUT2D eigenvalue weighted by Crippen LogP contribution is -2.41. The quantitative estimate of drug-likeness (QED) is 0.527. The molecule has 2 saturated heterocycles. The molecule has 0 atom stereocenters. The number of urea groups is 1. The second-order valence-electron chi connectivity index (χ2n) is 7.59. The van der Waals surface area contributed by atoms with Crippen molar-refractivity contribution in [2.45, 2.75) is 52.6 Å². The van der Waals surface area contributed by atoms with E-state index in [0.29, 0.717) is 18.8 Å². The minimum atomic E-state index is -4.37. The van der Waals surface area contributed by atoms with Gasteiger partial charge in [-0.05, 0) is 61.6 Å². The van der Waals surface area contributed by atoms with Gasteiger partial charge < -0.3 is 15.1 Å². The number of likely N-dealkylation sites (tertiary alicyclic amines) is 2. The molecule has 1 aromatic rings. The van der Waals surface area contributed by atoms with E-state index in [2.05, 4.69) is 30.3 Å². The topological polar surface area (TPSA) is 35.6 Å². The fourth-order valence-electron chi connectivity index (χ4n) is 3.64. The Labute approximate surface area is 184 Å². The number of nitrogens with one attached hydrogen (secondary N) is 1. The summed E-state index contributed by atoms with van der Waals surface area (Å²) in [6.45, 7) is 16.6. The minimum absolute atomic E-state index is 0.164. The number of hydrogen-bond acceptors (Lipinski definition) is 2. The second-order valence-corrected chi connectivity index (χ2v) is 7.59. The molecule has 2 aliphatic rings. The molecule has 2 heterocycles. The lowest BCUT2D eigenvalue weighted by atomic mass is 9.78. The Kier molecular flexibility index (Phi) is 10.7. The molecule has 1 aromatic carbocycles. The van der Waals surface area contributed by atoms with E-state index < -0.39 is 11.7 Å². The summed E-state index contributed by atoms with van der Waals surface area (Å²) < 4.78 is 37.7. The van der Waals surface area contributed by atoms with E-state index in [9.17, 15) is 18.0 Å². The van der Waals surface area contributed by atoms with Gasteiger partial charge in [0.2, 0.25) is 0 Å². The molecule has 1 N–H and O–H groups in total. The van der Waals surface area contributed by atoms with Gasteiger partial charge in [0.15, 0.2) is 0 Å². The minimum Gasteiger partial charge on any atom is -0.378 e. The van der Waals surface area contributed by atoms with Gasteiger partial charge in [-0.2, -0.15) is 13.2 Å². The number of nitrogens with zero attached hydrogens (tertiary/aromatic N) is 2. The zero-order valence-electron chi connectivity index (χ0n) is 19.0. The Balaban J connectivity index is 0.000000720. The molecule has 0 aromatic heterocycles. The van der Waals surface area contributed by atoms with E-state index in [4.69, 9.17) is 0 Å². The Hall–Kier alpha value is -2.44. The molecule has 3 rings (SSSR count). The average Bonchev–Trinajstić information content (AvgIpc) is 3.19. The van der Waals surface area contributed by atoms with Crippen molar-refractivity contribution in [2.75, 3.05) is 31.5 Å². The molecule has 0 aliphatic carbocycles. The highest BCUT2D eigenvalue weighted by atomic mass is 19.4. The number of allylic oxidation sites excluding steroid dienone is 1. The summed E-state index contributed by atoms with van der Waals surface area (Å²) in [4.78, 5) is 16.4.